The van der Waals surface area contributed by atoms with Crippen molar-refractivity contribution in [2.45, 2.75) is 33.4 Å². The predicted octanol–water partition coefficient (Wildman–Crippen LogP) is 2.35. The van der Waals surface area contributed by atoms with Gasteiger partial charge in [-0.25, -0.2) is 4.68 Å². The van der Waals surface area contributed by atoms with E-state index in [-0.39, 0.29) is 11.6 Å². The Morgan fingerprint density at radius 3 is 2.48 bits per heavy atom. The Hall–Kier alpha value is -2.14. The van der Waals surface area contributed by atoms with E-state index in [4.69, 9.17) is 10.5 Å². The average Bonchev–Trinajstić information content (AvgIpc) is 2.48. The summed E-state index contributed by atoms with van der Waals surface area (Å²) in [5.74, 6) is 0.817. The van der Waals surface area contributed by atoms with E-state index in [2.05, 4.69) is 5.10 Å². The van der Waals surface area contributed by atoms with E-state index in [9.17, 15) is 4.79 Å². The van der Waals surface area contributed by atoms with Crippen LogP contribution in [0.5, 0.6) is 5.75 Å². The first-order valence-corrected chi connectivity index (χ1v) is 7.17. The molecule has 0 bridgehead atoms. The van der Waals surface area contributed by atoms with E-state index in [1.54, 1.807) is 13.0 Å². The summed E-state index contributed by atoms with van der Waals surface area (Å²) in [4.78, 5) is 12.2. The van der Waals surface area contributed by atoms with Crippen LogP contribution in [0.4, 0.5) is 0 Å². The molecule has 2 rings (SSSR count). The fourth-order valence-corrected chi connectivity index (χ4v) is 2.13. The van der Waals surface area contributed by atoms with Crippen LogP contribution in [0.1, 0.15) is 32.4 Å². The first-order chi connectivity index (χ1) is 10.1. The second-order valence-corrected chi connectivity index (χ2v) is 4.85. The fourth-order valence-electron chi connectivity index (χ4n) is 2.13. The molecule has 5 heteroatoms. The Balaban J connectivity index is 2.48. The van der Waals surface area contributed by atoms with E-state index in [1.165, 1.54) is 4.68 Å². The molecule has 1 unspecified atom stereocenters. The Kier molecular flexibility index (Phi) is 4.75. The third-order valence-electron chi connectivity index (χ3n) is 3.25. The first kappa shape index (κ1) is 15.3. The lowest BCUT2D eigenvalue weighted by Crippen LogP contribution is -2.29. The van der Waals surface area contributed by atoms with Crippen molar-refractivity contribution in [2.75, 3.05) is 6.61 Å². The zero-order chi connectivity index (χ0) is 15.4. The van der Waals surface area contributed by atoms with E-state index in [0.717, 1.165) is 17.0 Å². The highest BCUT2D eigenvalue weighted by molar-refractivity contribution is 5.60. The van der Waals surface area contributed by atoms with Gasteiger partial charge < -0.3 is 10.5 Å². The molecule has 1 heterocycles. The zero-order valence-electron chi connectivity index (χ0n) is 12.7. The number of hydrogen-bond donors (Lipinski definition) is 1. The van der Waals surface area contributed by atoms with Gasteiger partial charge in [-0.3, -0.25) is 4.79 Å². The lowest BCUT2D eigenvalue weighted by molar-refractivity contribution is 0.340. The topological polar surface area (TPSA) is 70.1 Å². The molecule has 2 aromatic rings. The smallest absolute Gasteiger partial charge is 0.271 e. The van der Waals surface area contributed by atoms with Crippen molar-refractivity contribution >= 4 is 0 Å². The summed E-state index contributed by atoms with van der Waals surface area (Å²) < 4.78 is 6.88. The molecule has 1 aromatic carbocycles. The highest BCUT2D eigenvalue weighted by Crippen LogP contribution is 2.21. The van der Waals surface area contributed by atoms with Gasteiger partial charge in [0.1, 0.15) is 5.75 Å². The molecule has 0 saturated carbocycles. The van der Waals surface area contributed by atoms with E-state index in [0.29, 0.717) is 18.7 Å². The average molecular weight is 287 g/mol. The molecule has 0 aliphatic carbocycles. The molecule has 21 heavy (non-hydrogen) atoms. The van der Waals surface area contributed by atoms with Crippen molar-refractivity contribution in [3.8, 4) is 17.0 Å². The zero-order valence-corrected chi connectivity index (χ0v) is 12.7. The van der Waals surface area contributed by atoms with Gasteiger partial charge in [0.05, 0.1) is 12.3 Å². The van der Waals surface area contributed by atoms with Crippen molar-refractivity contribution in [3.05, 3.63) is 46.2 Å². The summed E-state index contributed by atoms with van der Waals surface area (Å²) in [6.45, 7) is 6.79. The Bertz CT molecular complexity index is 660. The predicted molar refractivity (Wildman–Crippen MR) is 83.4 cm³/mol. The van der Waals surface area contributed by atoms with Gasteiger partial charge in [-0.1, -0.05) is 0 Å². The minimum Gasteiger partial charge on any atom is -0.494 e. The van der Waals surface area contributed by atoms with Crippen molar-refractivity contribution in [1.29, 1.82) is 0 Å². The van der Waals surface area contributed by atoms with Crippen molar-refractivity contribution in [1.82, 2.24) is 9.78 Å². The van der Waals surface area contributed by atoms with Gasteiger partial charge in [-0.05, 0) is 51.1 Å². The molecule has 0 aliphatic heterocycles. The molecule has 2 N–H and O–H groups in total. The van der Waals surface area contributed by atoms with E-state index in [1.807, 2.05) is 38.1 Å². The van der Waals surface area contributed by atoms with Gasteiger partial charge in [0, 0.05) is 23.7 Å². The molecule has 0 radical (unpaired) electrons. The Morgan fingerprint density at radius 2 is 1.95 bits per heavy atom. The van der Waals surface area contributed by atoms with Crippen LogP contribution < -0.4 is 16.0 Å². The molecule has 0 aliphatic rings. The van der Waals surface area contributed by atoms with Crippen molar-refractivity contribution in [2.24, 2.45) is 5.73 Å². The van der Waals surface area contributed by atoms with Crippen LogP contribution in [0.15, 0.2) is 35.1 Å². The van der Waals surface area contributed by atoms with Crippen LogP contribution in [-0.4, -0.2) is 16.4 Å². The van der Waals surface area contributed by atoms with Gasteiger partial charge in [0.25, 0.3) is 5.56 Å². The summed E-state index contributed by atoms with van der Waals surface area (Å²) in [5.41, 5.74) is 8.02. The summed E-state index contributed by atoms with van der Waals surface area (Å²) in [6, 6.07) is 9.11. The third kappa shape index (κ3) is 3.31. The molecule has 1 atom stereocenters. The quantitative estimate of drug-likeness (QED) is 0.916. The SMILES string of the molecule is CCOc1ccc(-c2cc(C(C)N)c(=O)n(CC)n2)cc1. The number of ether oxygens (including phenoxy) is 1. The molecule has 112 valence electrons. The minimum atomic E-state index is -0.320. The molecule has 0 spiro atoms. The molecule has 0 saturated heterocycles. The van der Waals surface area contributed by atoms with Crippen molar-refractivity contribution in [3.63, 3.8) is 0 Å². The maximum atomic E-state index is 12.2. The molecule has 0 fully saturated rings. The fraction of sp³-hybridized carbons (Fsp3) is 0.375. The summed E-state index contributed by atoms with van der Waals surface area (Å²) in [6.07, 6.45) is 0. The Morgan fingerprint density at radius 1 is 1.29 bits per heavy atom. The number of rotatable bonds is 5. The van der Waals surface area contributed by atoms with Crippen LogP contribution in [0, 0.1) is 0 Å². The molecular formula is C16H21N3O2. The van der Waals surface area contributed by atoms with Crippen LogP contribution >= 0.6 is 0 Å². The van der Waals surface area contributed by atoms with Gasteiger partial charge in [0.15, 0.2) is 0 Å². The van der Waals surface area contributed by atoms with Gasteiger partial charge in [-0.15, -0.1) is 0 Å². The number of hydrogen-bond acceptors (Lipinski definition) is 4. The monoisotopic (exact) mass is 287 g/mol. The number of aryl methyl sites for hydroxylation is 1. The number of nitrogens with zero attached hydrogens (tertiary/aromatic N) is 2. The van der Waals surface area contributed by atoms with E-state index < -0.39 is 0 Å². The summed E-state index contributed by atoms with van der Waals surface area (Å²) in [5, 5.41) is 4.39. The second kappa shape index (κ2) is 6.54. The largest absolute Gasteiger partial charge is 0.494 e. The van der Waals surface area contributed by atoms with Crippen LogP contribution in [0.3, 0.4) is 0 Å². The number of nitrogens with two attached hydrogens (primary N) is 1. The maximum absolute atomic E-state index is 12.2. The van der Waals surface area contributed by atoms with Gasteiger partial charge >= 0.3 is 0 Å². The van der Waals surface area contributed by atoms with Crippen LogP contribution in [-0.2, 0) is 6.54 Å². The van der Waals surface area contributed by atoms with Crippen molar-refractivity contribution < 1.29 is 4.74 Å². The lowest BCUT2D eigenvalue weighted by atomic mass is 10.1. The van der Waals surface area contributed by atoms with Crippen LogP contribution in [0.25, 0.3) is 11.3 Å². The van der Waals surface area contributed by atoms with Crippen LogP contribution in [0.2, 0.25) is 0 Å². The van der Waals surface area contributed by atoms with Gasteiger partial charge in [-0.2, -0.15) is 5.10 Å². The lowest BCUT2D eigenvalue weighted by Gasteiger charge is -2.11. The molecular weight excluding hydrogens is 266 g/mol. The number of aromatic nitrogens is 2. The first-order valence-electron chi connectivity index (χ1n) is 7.17. The standard InChI is InChI=1S/C16H21N3O2/c1-4-19-16(20)14(11(3)17)10-15(18-19)12-6-8-13(9-7-12)21-5-2/h6-11H,4-5,17H2,1-3H3. The highest BCUT2D eigenvalue weighted by atomic mass is 16.5. The van der Waals surface area contributed by atoms with E-state index >= 15 is 0 Å². The second-order valence-electron chi connectivity index (χ2n) is 4.85. The summed E-state index contributed by atoms with van der Waals surface area (Å²) in [7, 11) is 0. The van der Waals surface area contributed by atoms with Gasteiger partial charge in [0.2, 0.25) is 0 Å². The maximum Gasteiger partial charge on any atom is 0.271 e. The molecule has 1 aromatic heterocycles. The molecule has 5 nitrogen and oxygen atoms in total. The molecule has 0 amide bonds. The highest BCUT2D eigenvalue weighted by Gasteiger charge is 2.12. The Labute approximate surface area is 124 Å². The normalized spacial score (nSPS) is 12.2. The number of benzene rings is 1. The summed E-state index contributed by atoms with van der Waals surface area (Å²) >= 11 is 0. The minimum absolute atomic E-state index is 0.123. The third-order valence-corrected chi connectivity index (χ3v) is 3.25.